The number of benzene rings is 3. The van der Waals surface area contributed by atoms with Gasteiger partial charge in [0, 0.05) is 29.5 Å². The van der Waals surface area contributed by atoms with Crippen LogP contribution in [0.5, 0.6) is 0 Å². The molecule has 8 nitrogen and oxygen atoms in total. The lowest BCUT2D eigenvalue weighted by atomic mass is 10.1. The molecule has 0 aliphatic rings. The van der Waals surface area contributed by atoms with Crippen molar-refractivity contribution in [3.63, 3.8) is 0 Å². The molecule has 4 aromatic rings. The number of hydrogen-bond donors (Lipinski definition) is 3. The lowest BCUT2D eigenvalue weighted by Crippen LogP contribution is -2.38. The Morgan fingerprint density at radius 3 is 2.43 bits per heavy atom. The van der Waals surface area contributed by atoms with Gasteiger partial charge >= 0.3 is 0 Å². The summed E-state index contributed by atoms with van der Waals surface area (Å²) in [6.45, 7) is 0.361. The Hall–Kier alpha value is -3.98. The van der Waals surface area contributed by atoms with E-state index in [2.05, 4.69) is 5.32 Å². The van der Waals surface area contributed by atoms with Crippen LogP contribution in [-0.2, 0) is 20.9 Å². The smallest absolute Gasteiger partial charge is 0.272 e. The number of amides is 2. The average molecular weight is 475 g/mol. The van der Waals surface area contributed by atoms with Gasteiger partial charge in [-0.05, 0) is 29.8 Å². The van der Waals surface area contributed by atoms with Crippen molar-refractivity contribution in [3.05, 3.63) is 96.1 Å². The van der Waals surface area contributed by atoms with Crippen molar-refractivity contribution >= 4 is 22.8 Å². The molecule has 3 aromatic carbocycles. The van der Waals surface area contributed by atoms with Crippen molar-refractivity contribution in [2.75, 3.05) is 13.3 Å². The number of carbonyl (C=O) groups excluding carboxylic acids is 2. The van der Waals surface area contributed by atoms with E-state index in [9.17, 15) is 9.59 Å². The van der Waals surface area contributed by atoms with Crippen molar-refractivity contribution in [1.29, 1.82) is 0 Å². The molecule has 180 valence electrons. The fourth-order valence-corrected chi connectivity index (χ4v) is 3.55. The van der Waals surface area contributed by atoms with Gasteiger partial charge in [-0.25, -0.2) is 5.48 Å². The topological polar surface area (TPSA) is 110 Å². The molecule has 4 rings (SSSR count). The van der Waals surface area contributed by atoms with Crippen LogP contribution in [0.1, 0.15) is 22.3 Å². The minimum atomic E-state index is -0.980. The third-order valence-electron chi connectivity index (χ3n) is 5.42. The number of fused-ring (bicyclic) bond motifs is 1. The van der Waals surface area contributed by atoms with Gasteiger partial charge < -0.3 is 19.2 Å². The number of carbonyl (C=O) groups is 2. The highest BCUT2D eigenvalue weighted by molar-refractivity contribution is 5.94. The van der Waals surface area contributed by atoms with Crippen LogP contribution < -0.4 is 10.8 Å². The van der Waals surface area contributed by atoms with Crippen LogP contribution in [0, 0.1) is 0 Å². The molecule has 8 heteroatoms. The first kappa shape index (κ1) is 24.2. The van der Waals surface area contributed by atoms with Crippen LogP contribution in [0.2, 0.25) is 0 Å². The molecule has 0 radical (unpaired) electrons. The quantitative estimate of drug-likeness (QED) is 0.130. The second kappa shape index (κ2) is 11.9. The Kier molecular flexibility index (Phi) is 8.24. The minimum Gasteiger partial charge on any atom is -0.456 e. The molecule has 0 aliphatic carbocycles. The lowest BCUT2D eigenvalue weighted by molar-refractivity contribution is -0.154. The summed E-state index contributed by atoms with van der Waals surface area (Å²) in [4.78, 5) is 24.4. The zero-order valence-electron chi connectivity index (χ0n) is 19.0. The molecule has 1 aromatic heterocycles. The molecule has 0 aliphatic heterocycles. The van der Waals surface area contributed by atoms with Gasteiger partial charge in [0.15, 0.2) is 0 Å². The molecule has 35 heavy (non-hydrogen) atoms. The van der Waals surface area contributed by atoms with E-state index in [4.69, 9.17) is 19.1 Å². The first-order chi connectivity index (χ1) is 17.1. The molecule has 2 amide bonds. The second-order valence-electron chi connectivity index (χ2n) is 7.85. The van der Waals surface area contributed by atoms with E-state index >= 15 is 0 Å². The summed E-state index contributed by atoms with van der Waals surface area (Å²) in [5.74, 6) is -0.273. The van der Waals surface area contributed by atoms with Crippen LogP contribution >= 0.6 is 0 Å². The number of hydrogen-bond acceptors (Lipinski definition) is 6. The molecule has 1 atom stereocenters. The molecule has 0 saturated carbocycles. The van der Waals surface area contributed by atoms with E-state index in [1.807, 2.05) is 72.8 Å². The van der Waals surface area contributed by atoms with Crippen LogP contribution in [-0.4, -0.2) is 36.5 Å². The number of rotatable bonds is 11. The number of nitrogens with one attached hydrogen (secondary N) is 2. The summed E-state index contributed by atoms with van der Waals surface area (Å²) in [5.41, 5.74) is 4.69. The summed E-state index contributed by atoms with van der Waals surface area (Å²) in [6.07, 6.45) is -0.823. The zero-order chi connectivity index (χ0) is 24.5. The average Bonchev–Trinajstić information content (AvgIpc) is 3.34. The van der Waals surface area contributed by atoms with Crippen LogP contribution in [0.3, 0.4) is 0 Å². The van der Waals surface area contributed by atoms with Gasteiger partial charge in [-0.15, -0.1) is 0 Å². The number of furan rings is 1. The van der Waals surface area contributed by atoms with E-state index in [0.29, 0.717) is 12.2 Å². The van der Waals surface area contributed by atoms with Crippen molar-refractivity contribution in [3.8, 4) is 11.3 Å². The van der Waals surface area contributed by atoms with E-state index in [0.717, 1.165) is 27.9 Å². The highest BCUT2D eigenvalue weighted by Crippen LogP contribution is 2.27. The van der Waals surface area contributed by atoms with Gasteiger partial charge in [0.2, 0.25) is 0 Å². The van der Waals surface area contributed by atoms with Crippen molar-refractivity contribution in [2.45, 2.75) is 19.1 Å². The SMILES string of the molecule is O=C(NCC[C@H](OCOCc1ccccc1)C(=O)NO)c1ccc(-c2cc3ccccc3o2)cc1. The Labute approximate surface area is 202 Å². The van der Waals surface area contributed by atoms with Gasteiger partial charge in [-0.1, -0.05) is 60.7 Å². The summed E-state index contributed by atoms with van der Waals surface area (Å²) in [7, 11) is 0. The van der Waals surface area contributed by atoms with E-state index < -0.39 is 12.0 Å². The van der Waals surface area contributed by atoms with Gasteiger partial charge in [-0.3, -0.25) is 14.8 Å². The van der Waals surface area contributed by atoms with E-state index in [-0.39, 0.29) is 25.7 Å². The fraction of sp³-hybridized carbons (Fsp3) is 0.185. The standard InChI is InChI=1S/C27H26N2O6/c30-26(21-12-10-20(11-13-21)25-16-22-8-4-5-9-23(22)35-25)28-15-14-24(27(31)29-32)34-18-33-17-19-6-2-1-3-7-19/h1-13,16,24,32H,14-15,17-18H2,(H,28,30)(H,29,31)/t24-/m0/s1. The highest BCUT2D eigenvalue weighted by atomic mass is 16.7. The predicted octanol–water partition coefficient (Wildman–Crippen LogP) is 4.28. The predicted molar refractivity (Wildman–Crippen MR) is 130 cm³/mol. The molecule has 0 fully saturated rings. The molecular weight excluding hydrogens is 448 g/mol. The monoisotopic (exact) mass is 474 g/mol. The van der Waals surface area contributed by atoms with Crippen molar-refractivity contribution < 1.29 is 28.7 Å². The van der Waals surface area contributed by atoms with Gasteiger partial charge in [0.05, 0.1) is 6.61 Å². The largest absolute Gasteiger partial charge is 0.456 e. The normalized spacial score (nSPS) is 11.8. The first-order valence-electron chi connectivity index (χ1n) is 11.2. The maximum Gasteiger partial charge on any atom is 0.272 e. The van der Waals surface area contributed by atoms with Crippen LogP contribution in [0.4, 0.5) is 0 Å². The Balaban J connectivity index is 1.25. The maximum atomic E-state index is 12.5. The highest BCUT2D eigenvalue weighted by Gasteiger charge is 2.19. The first-order valence-corrected chi connectivity index (χ1v) is 11.2. The summed E-state index contributed by atoms with van der Waals surface area (Å²) in [6, 6.07) is 26.3. The molecule has 1 heterocycles. The number of para-hydroxylation sites is 1. The van der Waals surface area contributed by atoms with Crippen molar-refractivity contribution in [1.82, 2.24) is 10.8 Å². The molecule has 0 spiro atoms. The van der Waals surface area contributed by atoms with Crippen LogP contribution in [0.15, 0.2) is 89.3 Å². The van der Waals surface area contributed by atoms with Crippen LogP contribution in [0.25, 0.3) is 22.3 Å². The maximum absolute atomic E-state index is 12.5. The molecule has 0 bridgehead atoms. The number of ether oxygens (including phenoxy) is 2. The Morgan fingerprint density at radius 1 is 0.943 bits per heavy atom. The van der Waals surface area contributed by atoms with E-state index in [1.165, 1.54) is 0 Å². The summed E-state index contributed by atoms with van der Waals surface area (Å²) < 4.78 is 16.7. The molecule has 3 N–H and O–H groups in total. The molecule has 0 unspecified atom stereocenters. The van der Waals surface area contributed by atoms with Gasteiger partial charge in [0.25, 0.3) is 11.8 Å². The Bertz CT molecular complexity index is 1220. The summed E-state index contributed by atoms with van der Waals surface area (Å²) in [5, 5.41) is 12.8. The molecule has 0 saturated heterocycles. The third-order valence-corrected chi connectivity index (χ3v) is 5.42. The van der Waals surface area contributed by atoms with Gasteiger partial charge in [0.1, 0.15) is 24.2 Å². The number of hydroxylamine groups is 1. The fourth-order valence-electron chi connectivity index (χ4n) is 3.55. The Morgan fingerprint density at radius 2 is 1.69 bits per heavy atom. The lowest BCUT2D eigenvalue weighted by Gasteiger charge is -2.16. The summed E-state index contributed by atoms with van der Waals surface area (Å²) >= 11 is 0. The third kappa shape index (κ3) is 6.54. The minimum absolute atomic E-state index is 0.135. The second-order valence-corrected chi connectivity index (χ2v) is 7.85. The molecular formula is C27H26N2O6. The van der Waals surface area contributed by atoms with E-state index in [1.54, 1.807) is 17.6 Å². The van der Waals surface area contributed by atoms with Crippen molar-refractivity contribution in [2.24, 2.45) is 0 Å². The van der Waals surface area contributed by atoms with Gasteiger partial charge in [-0.2, -0.15) is 0 Å². The zero-order valence-corrected chi connectivity index (χ0v) is 19.0.